The molecule has 0 bridgehead atoms. The zero-order valence-electron chi connectivity index (χ0n) is 14.8. The fourth-order valence-corrected chi connectivity index (χ4v) is 3.28. The second kappa shape index (κ2) is 7.70. The molecule has 0 saturated carbocycles. The average molecular weight is 375 g/mol. The number of aryl methyl sites for hydroxylation is 1. The van der Waals surface area contributed by atoms with E-state index in [1.165, 1.54) is 12.1 Å². The van der Waals surface area contributed by atoms with Crippen molar-refractivity contribution in [2.75, 3.05) is 6.26 Å². The van der Waals surface area contributed by atoms with Gasteiger partial charge in [-0.3, -0.25) is 4.79 Å². The van der Waals surface area contributed by atoms with Crippen molar-refractivity contribution in [2.45, 2.75) is 31.2 Å². The van der Waals surface area contributed by atoms with Crippen molar-refractivity contribution in [1.82, 2.24) is 5.32 Å². The Bertz CT molecular complexity index is 936. The summed E-state index contributed by atoms with van der Waals surface area (Å²) in [5.74, 6) is -1.77. The standard InChI is InChI=1S/C19H21NO5S/c1-12-9-15(26(3,24)25)11-16(13(12)2)18(21)20-17(19(22)23)10-14-7-5-4-6-8-14/h4-9,11,17H,10H2,1-3H3,(H,20,21)(H,22,23)/t17-/m0/s1. The van der Waals surface area contributed by atoms with Crippen molar-refractivity contribution < 1.29 is 23.1 Å². The molecule has 0 fully saturated rings. The molecule has 26 heavy (non-hydrogen) atoms. The van der Waals surface area contributed by atoms with Crippen molar-refractivity contribution in [3.63, 3.8) is 0 Å². The van der Waals surface area contributed by atoms with Crippen LogP contribution in [0.25, 0.3) is 0 Å². The van der Waals surface area contributed by atoms with E-state index in [0.717, 1.165) is 11.8 Å². The topological polar surface area (TPSA) is 101 Å². The van der Waals surface area contributed by atoms with E-state index in [9.17, 15) is 23.1 Å². The smallest absolute Gasteiger partial charge is 0.326 e. The van der Waals surface area contributed by atoms with E-state index in [4.69, 9.17) is 0 Å². The number of carboxylic acids is 1. The van der Waals surface area contributed by atoms with E-state index < -0.39 is 27.8 Å². The number of nitrogens with one attached hydrogen (secondary N) is 1. The summed E-state index contributed by atoms with van der Waals surface area (Å²) in [7, 11) is -3.49. The minimum Gasteiger partial charge on any atom is -0.480 e. The molecule has 1 amide bonds. The predicted molar refractivity (Wildman–Crippen MR) is 98.1 cm³/mol. The summed E-state index contributed by atoms with van der Waals surface area (Å²) < 4.78 is 23.6. The highest BCUT2D eigenvalue weighted by molar-refractivity contribution is 7.90. The van der Waals surface area contributed by atoms with Crippen LogP contribution in [0, 0.1) is 13.8 Å². The highest BCUT2D eigenvalue weighted by Gasteiger charge is 2.23. The van der Waals surface area contributed by atoms with Gasteiger partial charge in [0.2, 0.25) is 0 Å². The number of amides is 1. The Morgan fingerprint density at radius 1 is 1.12 bits per heavy atom. The molecule has 7 heteroatoms. The van der Waals surface area contributed by atoms with Crippen molar-refractivity contribution in [3.8, 4) is 0 Å². The Morgan fingerprint density at radius 2 is 1.73 bits per heavy atom. The van der Waals surface area contributed by atoms with E-state index in [-0.39, 0.29) is 16.9 Å². The van der Waals surface area contributed by atoms with E-state index in [0.29, 0.717) is 11.1 Å². The van der Waals surface area contributed by atoms with Crippen LogP contribution in [-0.2, 0) is 21.1 Å². The zero-order valence-corrected chi connectivity index (χ0v) is 15.6. The van der Waals surface area contributed by atoms with E-state index in [2.05, 4.69) is 5.32 Å². The molecule has 1 atom stereocenters. The maximum absolute atomic E-state index is 12.6. The van der Waals surface area contributed by atoms with Crippen molar-refractivity contribution >= 4 is 21.7 Å². The largest absolute Gasteiger partial charge is 0.480 e. The lowest BCUT2D eigenvalue weighted by Crippen LogP contribution is -2.42. The van der Waals surface area contributed by atoms with Gasteiger partial charge in [-0.2, -0.15) is 0 Å². The van der Waals surface area contributed by atoms with Gasteiger partial charge < -0.3 is 10.4 Å². The Labute approximate surface area is 152 Å². The third kappa shape index (κ3) is 4.70. The fraction of sp³-hybridized carbons (Fsp3) is 0.263. The van der Waals surface area contributed by atoms with Crippen LogP contribution in [0.1, 0.15) is 27.0 Å². The van der Waals surface area contributed by atoms with Crippen LogP contribution in [0.2, 0.25) is 0 Å². The van der Waals surface area contributed by atoms with Gasteiger partial charge in [0.15, 0.2) is 9.84 Å². The maximum atomic E-state index is 12.6. The van der Waals surface area contributed by atoms with Crippen LogP contribution in [-0.4, -0.2) is 37.7 Å². The van der Waals surface area contributed by atoms with Gasteiger partial charge >= 0.3 is 5.97 Å². The lowest BCUT2D eigenvalue weighted by molar-refractivity contribution is -0.139. The number of carboxylic acid groups (broad SMARTS) is 1. The molecule has 2 N–H and O–H groups in total. The van der Waals surface area contributed by atoms with Crippen LogP contribution in [0.4, 0.5) is 0 Å². The highest BCUT2D eigenvalue weighted by atomic mass is 32.2. The minimum absolute atomic E-state index is 0.0284. The molecule has 6 nitrogen and oxygen atoms in total. The van der Waals surface area contributed by atoms with Crippen LogP contribution in [0.5, 0.6) is 0 Å². The zero-order chi connectivity index (χ0) is 19.5. The third-order valence-corrected chi connectivity index (χ3v) is 5.29. The van der Waals surface area contributed by atoms with Gasteiger partial charge in [-0.15, -0.1) is 0 Å². The molecule has 0 aliphatic heterocycles. The molecular formula is C19H21NO5S. The molecule has 2 aromatic rings. The van der Waals surface area contributed by atoms with Crippen LogP contribution < -0.4 is 5.32 Å². The van der Waals surface area contributed by atoms with Crippen molar-refractivity contribution in [3.05, 3.63) is 64.7 Å². The monoisotopic (exact) mass is 375 g/mol. The SMILES string of the molecule is Cc1cc(S(C)(=O)=O)cc(C(=O)N[C@@H](Cc2ccccc2)C(=O)O)c1C. The first kappa shape index (κ1) is 19.7. The average Bonchev–Trinajstić information content (AvgIpc) is 2.56. The third-order valence-electron chi connectivity index (χ3n) is 4.20. The number of aliphatic carboxylic acids is 1. The maximum Gasteiger partial charge on any atom is 0.326 e. The molecular weight excluding hydrogens is 354 g/mol. The van der Waals surface area contributed by atoms with E-state index >= 15 is 0 Å². The number of carbonyl (C=O) groups is 2. The summed E-state index contributed by atoms with van der Waals surface area (Å²) in [6.45, 7) is 3.41. The second-order valence-electron chi connectivity index (χ2n) is 6.24. The van der Waals surface area contributed by atoms with Gasteiger partial charge in [0.25, 0.3) is 5.91 Å². The van der Waals surface area contributed by atoms with E-state index in [1.54, 1.807) is 38.1 Å². The van der Waals surface area contributed by atoms with E-state index in [1.807, 2.05) is 6.07 Å². The van der Waals surface area contributed by atoms with Gasteiger partial charge in [-0.25, -0.2) is 13.2 Å². The van der Waals surface area contributed by atoms with Crippen molar-refractivity contribution in [2.24, 2.45) is 0 Å². The minimum atomic E-state index is -3.49. The summed E-state index contributed by atoms with van der Waals surface area (Å²) in [4.78, 5) is 24.2. The Balaban J connectivity index is 2.32. The van der Waals surface area contributed by atoms with Gasteiger partial charge in [0, 0.05) is 18.2 Å². The molecule has 138 valence electrons. The Kier molecular flexibility index (Phi) is 5.82. The van der Waals surface area contributed by atoms with Crippen molar-refractivity contribution in [1.29, 1.82) is 0 Å². The first-order valence-electron chi connectivity index (χ1n) is 7.98. The lowest BCUT2D eigenvalue weighted by Gasteiger charge is -2.17. The number of carbonyl (C=O) groups excluding carboxylic acids is 1. The van der Waals surface area contributed by atoms with Crippen LogP contribution in [0.3, 0.4) is 0 Å². The Morgan fingerprint density at radius 3 is 2.27 bits per heavy atom. The second-order valence-corrected chi connectivity index (χ2v) is 8.25. The van der Waals surface area contributed by atoms with Gasteiger partial charge in [0.1, 0.15) is 6.04 Å². The first-order chi connectivity index (χ1) is 12.1. The number of hydrogen-bond donors (Lipinski definition) is 2. The normalized spacial score (nSPS) is 12.4. The molecule has 0 aliphatic carbocycles. The summed E-state index contributed by atoms with van der Waals surface area (Å²) >= 11 is 0. The fourth-order valence-electron chi connectivity index (χ4n) is 2.56. The molecule has 2 aromatic carbocycles. The quantitative estimate of drug-likeness (QED) is 0.806. The van der Waals surface area contributed by atoms with Gasteiger partial charge in [-0.1, -0.05) is 30.3 Å². The molecule has 2 rings (SSSR count). The summed E-state index contributed by atoms with van der Waals surface area (Å²) in [5.41, 5.74) is 2.19. The summed E-state index contributed by atoms with van der Waals surface area (Å²) in [6.07, 6.45) is 1.19. The summed E-state index contributed by atoms with van der Waals surface area (Å²) in [5, 5.41) is 11.9. The number of benzene rings is 2. The summed E-state index contributed by atoms with van der Waals surface area (Å²) in [6, 6.07) is 10.6. The molecule has 0 radical (unpaired) electrons. The van der Waals surface area contributed by atoms with Crippen LogP contribution >= 0.6 is 0 Å². The molecule has 0 heterocycles. The number of sulfone groups is 1. The Hall–Kier alpha value is -2.67. The molecule has 0 aromatic heterocycles. The first-order valence-corrected chi connectivity index (χ1v) is 9.87. The highest BCUT2D eigenvalue weighted by Crippen LogP contribution is 2.20. The molecule has 0 saturated heterocycles. The molecule has 0 aliphatic rings. The van der Waals surface area contributed by atoms with Gasteiger partial charge in [0.05, 0.1) is 4.90 Å². The molecule has 0 spiro atoms. The number of hydrogen-bond acceptors (Lipinski definition) is 4. The van der Waals surface area contributed by atoms with Gasteiger partial charge in [-0.05, 0) is 42.7 Å². The number of rotatable bonds is 6. The molecule has 0 unspecified atom stereocenters. The van der Waals surface area contributed by atoms with Crippen LogP contribution in [0.15, 0.2) is 47.4 Å². The predicted octanol–water partition coefficient (Wildman–Crippen LogP) is 2.13. The lowest BCUT2D eigenvalue weighted by atomic mass is 10.0.